The molecule has 1 aromatic carbocycles. The molecule has 0 fully saturated rings. The second kappa shape index (κ2) is 3.55. The van der Waals surface area contributed by atoms with Crippen LogP contribution in [0.1, 0.15) is 9.67 Å². The summed E-state index contributed by atoms with van der Waals surface area (Å²) in [4.78, 5) is 13.6. The van der Waals surface area contributed by atoms with E-state index in [9.17, 15) is 9.90 Å². The van der Waals surface area contributed by atoms with Crippen LogP contribution in [0.5, 0.6) is 5.75 Å². The Balaban J connectivity index is 2.63. The van der Waals surface area contributed by atoms with Crippen LogP contribution in [0.2, 0.25) is 0 Å². The lowest BCUT2D eigenvalue weighted by atomic mass is 10.2. The van der Waals surface area contributed by atoms with Gasteiger partial charge in [-0.1, -0.05) is 12.1 Å². The number of aromatic hydroxyl groups is 1. The molecule has 1 aromatic heterocycles. The van der Waals surface area contributed by atoms with Crippen molar-refractivity contribution < 1.29 is 9.90 Å². The number of rotatable bonds is 1. The molecule has 0 aliphatic heterocycles. The maximum atomic E-state index is 11.7. The Hall–Kier alpha value is -1.55. The topological polar surface area (TPSA) is 40.5 Å². The van der Waals surface area contributed by atoms with E-state index in [0.717, 1.165) is 10.1 Å². The van der Waals surface area contributed by atoms with Crippen molar-refractivity contribution in [2.45, 2.75) is 0 Å². The van der Waals surface area contributed by atoms with Crippen molar-refractivity contribution >= 4 is 27.3 Å². The second-order valence-corrected chi connectivity index (χ2v) is 4.53. The summed E-state index contributed by atoms with van der Waals surface area (Å²) in [5.74, 6) is -0.0667. The number of hydrogen-bond donors (Lipinski definition) is 1. The monoisotopic (exact) mass is 221 g/mol. The summed E-state index contributed by atoms with van der Waals surface area (Å²) in [7, 11) is 3.35. The lowest BCUT2D eigenvalue weighted by Crippen LogP contribution is -2.20. The zero-order chi connectivity index (χ0) is 11.0. The van der Waals surface area contributed by atoms with Crippen LogP contribution in [-0.2, 0) is 0 Å². The Labute approximate surface area is 91.6 Å². The molecule has 3 nitrogen and oxygen atoms in total. The van der Waals surface area contributed by atoms with Crippen molar-refractivity contribution in [3.8, 4) is 5.75 Å². The van der Waals surface area contributed by atoms with Gasteiger partial charge in [0, 0.05) is 24.2 Å². The molecule has 0 radical (unpaired) electrons. The van der Waals surface area contributed by atoms with Gasteiger partial charge in [0.2, 0.25) is 0 Å². The van der Waals surface area contributed by atoms with E-state index in [1.165, 1.54) is 16.2 Å². The molecule has 0 saturated carbocycles. The van der Waals surface area contributed by atoms with Crippen LogP contribution < -0.4 is 0 Å². The standard InChI is InChI=1S/C11H11NO2S/c1-12(2)11(14)10-9(13)7-5-3-4-6-8(7)15-10/h3-6,13H,1-2H3. The van der Waals surface area contributed by atoms with Crippen LogP contribution in [0.15, 0.2) is 24.3 Å². The van der Waals surface area contributed by atoms with E-state index in [1.54, 1.807) is 14.1 Å². The number of carbonyl (C=O) groups is 1. The molecule has 15 heavy (non-hydrogen) atoms. The molecular formula is C11H11NO2S. The third kappa shape index (κ3) is 1.57. The molecule has 1 heterocycles. The fraction of sp³-hybridized carbons (Fsp3) is 0.182. The number of carbonyl (C=O) groups excluding carboxylic acids is 1. The summed E-state index contributed by atoms with van der Waals surface area (Å²) in [5, 5.41) is 10.6. The summed E-state index contributed by atoms with van der Waals surface area (Å²) in [6.45, 7) is 0. The number of hydrogen-bond acceptors (Lipinski definition) is 3. The van der Waals surface area contributed by atoms with Crippen molar-refractivity contribution in [2.24, 2.45) is 0 Å². The molecule has 0 atom stereocenters. The molecule has 0 aliphatic rings. The Kier molecular flexibility index (Phi) is 2.36. The van der Waals surface area contributed by atoms with Crippen molar-refractivity contribution in [3.05, 3.63) is 29.1 Å². The molecule has 0 unspecified atom stereocenters. The van der Waals surface area contributed by atoms with Crippen LogP contribution in [0, 0.1) is 0 Å². The fourth-order valence-electron chi connectivity index (χ4n) is 1.38. The highest BCUT2D eigenvalue weighted by Crippen LogP contribution is 2.36. The summed E-state index contributed by atoms with van der Waals surface area (Å²) >= 11 is 1.32. The molecule has 0 bridgehead atoms. The molecule has 2 aromatic rings. The molecule has 0 spiro atoms. The lowest BCUT2D eigenvalue weighted by Gasteiger charge is -2.07. The average Bonchev–Trinajstić information content (AvgIpc) is 2.56. The zero-order valence-corrected chi connectivity index (χ0v) is 9.34. The fourth-order valence-corrected chi connectivity index (χ4v) is 2.50. The Morgan fingerprint density at radius 2 is 2.00 bits per heavy atom. The number of benzene rings is 1. The van der Waals surface area contributed by atoms with Gasteiger partial charge in [-0.05, 0) is 12.1 Å². The first-order chi connectivity index (χ1) is 7.11. The summed E-state index contributed by atoms with van der Waals surface area (Å²) in [5.41, 5.74) is 0. The van der Waals surface area contributed by atoms with Crippen LogP contribution >= 0.6 is 11.3 Å². The quantitative estimate of drug-likeness (QED) is 0.802. The van der Waals surface area contributed by atoms with Gasteiger partial charge in [0.05, 0.1) is 0 Å². The van der Waals surface area contributed by atoms with Gasteiger partial charge >= 0.3 is 0 Å². The van der Waals surface area contributed by atoms with Crippen LogP contribution in [0.4, 0.5) is 0 Å². The van der Waals surface area contributed by atoms with Crippen molar-refractivity contribution in [1.82, 2.24) is 4.90 Å². The van der Waals surface area contributed by atoms with E-state index in [1.807, 2.05) is 24.3 Å². The Bertz CT molecular complexity index is 516. The normalized spacial score (nSPS) is 10.5. The van der Waals surface area contributed by atoms with E-state index in [0.29, 0.717) is 4.88 Å². The summed E-state index contributed by atoms with van der Waals surface area (Å²) in [6, 6.07) is 7.45. The van der Waals surface area contributed by atoms with Gasteiger partial charge in [-0.25, -0.2) is 0 Å². The highest BCUT2D eigenvalue weighted by Gasteiger charge is 2.18. The minimum Gasteiger partial charge on any atom is -0.506 e. The predicted molar refractivity (Wildman–Crippen MR) is 61.5 cm³/mol. The van der Waals surface area contributed by atoms with Gasteiger partial charge in [-0.15, -0.1) is 11.3 Å². The minimum absolute atomic E-state index is 0.0919. The van der Waals surface area contributed by atoms with E-state index in [-0.39, 0.29) is 11.7 Å². The number of thiophene rings is 1. The van der Waals surface area contributed by atoms with Gasteiger partial charge in [0.25, 0.3) is 5.91 Å². The first-order valence-corrected chi connectivity index (χ1v) is 5.35. The highest BCUT2D eigenvalue weighted by molar-refractivity contribution is 7.21. The van der Waals surface area contributed by atoms with Crippen molar-refractivity contribution in [1.29, 1.82) is 0 Å². The van der Waals surface area contributed by atoms with Gasteiger partial charge in [0.15, 0.2) is 0 Å². The third-order valence-electron chi connectivity index (χ3n) is 2.17. The summed E-state index contributed by atoms with van der Waals surface area (Å²) in [6.07, 6.45) is 0. The third-order valence-corrected chi connectivity index (χ3v) is 3.32. The minimum atomic E-state index is -0.159. The lowest BCUT2D eigenvalue weighted by molar-refractivity contribution is 0.0830. The molecule has 2 rings (SSSR count). The molecule has 0 aliphatic carbocycles. The molecule has 1 amide bonds. The van der Waals surface area contributed by atoms with Crippen LogP contribution in [0.25, 0.3) is 10.1 Å². The van der Waals surface area contributed by atoms with Gasteiger partial charge in [0.1, 0.15) is 10.6 Å². The first kappa shape index (κ1) is 9.98. The van der Waals surface area contributed by atoms with Crippen LogP contribution in [-0.4, -0.2) is 30.0 Å². The molecular weight excluding hydrogens is 210 g/mol. The van der Waals surface area contributed by atoms with Gasteiger partial charge < -0.3 is 10.0 Å². The Morgan fingerprint density at radius 1 is 1.33 bits per heavy atom. The van der Waals surface area contributed by atoms with Crippen LogP contribution in [0.3, 0.4) is 0 Å². The number of amides is 1. The smallest absolute Gasteiger partial charge is 0.267 e. The Morgan fingerprint density at radius 3 is 2.60 bits per heavy atom. The van der Waals surface area contributed by atoms with E-state index in [4.69, 9.17) is 0 Å². The predicted octanol–water partition coefficient (Wildman–Crippen LogP) is 2.31. The molecule has 0 saturated heterocycles. The van der Waals surface area contributed by atoms with Crippen molar-refractivity contribution in [2.75, 3.05) is 14.1 Å². The summed E-state index contributed by atoms with van der Waals surface area (Å²) < 4.78 is 0.931. The number of nitrogens with zero attached hydrogens (tertiary/aromatic N) is 1. The molecule has 78 valence electrons. The number of fused-ring (bicyclic) bond motifs is 1. The SMILES string of the molecule is CN(C)C(=O)c1sc2ccccc2c1O. The van der Waals surface area contributed by atoms with E-state index >= 15 is 0 Å². The largest absolute Gasteiger partial charge is 0.506 e. The maximum Gasteiger partial charge on any atom is 0.267 e. The molecule has 4 heteroatoms. The van der Waals surface area contributed by atoms with Crippen molar-refractivity contribution in [3.63, 3.8) is 0 Å². The van der Waals surface area contributed by atoms with E-state index in [2.05, 4.69) is 0 Å². The maximum absolute atomic E-state index is 11.7. The average molecular weight is 221 g/mol. The first-order valence-electron chi connectivity index (χ1n) is 4.53. The zero-order valence-electron chi connectivity index (χ0n) is 8.52. The highest BCUT2D eigenvalue weighted by atomic mass is 32.1. The molecule has 1 N–H and O–H groups in total. The van der Waals surface area contributed by atoms with Gasteiger partial charge in [-0.3, -0.25) is 4.79 Å². The second-order valence-electron chi connectivity index (χ2n) is 3.48. The van der Waals surface area contributed by atoms with Gasteiger partial charge in [-0.2, -0.15) is 0 Å². The van der Waals surface area contributed by atoms with E-state index < -0.39 is 0 Å².